The van der Waals surface area contributed by atoms with Crippen LogP contribution in [0.15, 0.2) is 24.3 Å². The molecule has 3 heteroatoms. The lowest BCUT2D eigenvalue weighted by atomic mass is 10.1. The Morgan fingerprint density at radius 2 is 1.84 bits per heavy atom. The number of hydrogen-bond acceptors (Lipinski definition) is 1. The smallest absolute Gasteiger partial charge is 0.226 e. The van der Waals surface area contributed by atoms with Gasteiger partial charge in [0.25, 0.3) is 0 Å². The second-order valence-corrected chi connectivity index (χ2v) is 5.77. The zero-order valence-corrected chi connectivity index (χ0v) is 11.1. The van der Waals surface area contributed by atoms with Crippen LogP contribution in [0.4, 0.5) is 4.39 Å². The molecule has 0 aromatic heterocycles. The van der Waals surface area contributed by atoms with Crippen molar-refractivity contribution in [1.29, 1.82) is 0 Å². The van der Waals surface area contributed by atoms with Gasteiger partial charge in [-0.1, -0.05) is 31.0 Å². The number of hydrogen-bond donors (Lipinski definition) is 0. The van der Waals surface area contributed by atoms with Gasteiger partial charge in [0.05, 0.1) is 0 Å². The molecule has 0 N–H and O–H groups in total. The Morgan fingerprint density at radius 1 is 1.16 bits per heavy atom. The summed E-state index contributed by atoms with van der Waals surface area (Å²) in [6.07, 6.45) is 6.50. The maximum Gasteiger partial charge on any atom is 0.226 e. The van der Waals surface area contributed by atoms with Gasteiger partial charge in [-0.2, -0.15) is 0 Å². The molecule has 102 valence electrons. The monoisotopic (exact) mass is 261 g/mol. The second-order valence-electron chi connectivity index (χ2n) is 5.77. The van der Waals surface area contributed by atoms with Gasteiger partial charge in [-0.05, 0) is 31.7 Å². The number of rotatable bonds is 4. The van der Waals surface area contributed by atoms with Crippen LogP contribution in [-0.4, -0.2) is 16.8 Å². The molecule has 1 aromatic rings. The highest BCUT2D eigenvalue weighted by atomic mass is 19.1. The predicted octanol–water partition coefficient (Wildman–Crippen LogP) is 3.51. The van der Waals surface area contributed by atoms with Crippen LogP contribution in [0.5, 0.6) is 0 Å². The van der Waals surface area contributed by atoms with E-state index in [9.17, 15) is 9.18 Å². The maximum atomic E-state index is 13.7. The molecule has 0 saturated heterocycles. The van der Waals surface area contributed by atoms with E-state index in [-0.39, 0.29) is 17.6 Å². The van der Waals surface area contributed by atoms with Crippen LogP contribution in [0, 0.1) is 11.7 Å². The quantitative estimate of drug-likeness (QED) is 0.812. The molecule has 2 fully saturated rings. The minimum Gasteiger partial charge on any atom is -0.335 e. The summed E-state index contributed by atoms with van der Waals surface area (Å²) in [4.78, 5) is 14.5. The summed E-state index contributed by atoms with van der Waals surface area (Å²) in [6.45, 7) is 0.437. The highest BCUT2D eigenvalue weighted by molar-refractivity contribution is 5.79. The first-order valence-corrected chi connectivity index (χ1v) is 7.29. The van der Waals surface area contributed by atoms with Crippen molar-refractivity contribution in [2.24, 2.45) is 5.92 Å². The van der Waals surface area contributed by atoms with Gasteiger partial charge in [0.1, 0.15) is 5.82 Å². The number of carbonyl (C=O) groups is 1. The van der Waals surface area contributed by atoms with Crippen LogP contribution in [0.2, 0.25) is 0 Å². The van der Waals surface area contributed by atoms with Gasteiger partial charge in [0.15, 0.2) is 0 Å². The average molecular weight is 261 g/mol. The van der Waals surface area contributed by atoms with E-state index < -0.39 is 0 Å². The van der Waals surface area contributed by atoms with E-state index in [4.69, 9.17) is 0 Å². The molecule has 0 spiro atoms. The van der Waals surface area contributed by atoms with Crippen molar-refractivity contribution < 1.29 is 9.18 Å². The fraction of sp³-hybridized carbons (Fsp3) is 0.562. The third kappa shape index (κ3) is 2.80. The van der Waals surface area contributed by atoms with Gasteiger partial charge in [0, 0.05) is 24.1 Å². The Labute approximate surface area is 113 Å². The van der Waals surface area contributed by atoms with E-state index in [0.29, 0.717) is 18.2 Å². The van der Waals surface area contributed by atoms with E-state index in [1.165, 1.54) is 6.07 Å². The van der Waals surface area contributed by atoms with Crippen molar-refractivity contribution in [2.75, 3.05) is 0 Å². The molecule has 2 aliphatic rings. The minimum atomic E-state index is -0.202. The lowest BCUT2D eigenvalue weighted by Gasteiger charge is -2.26. The second kappa shape index (κ2) is 5.32. The summed E-state index contributed by atoms with van der Waals surface area (Å²) in [7, 11) is 0. The highest BCUT2D eigenvalue weighted by Gasteiger charge is 2.36. The molecule has 1 aromatic carbocycles. The summed E-state index contributed by atoms with van der Waals surface area (Å²) < 4.78 is 13.7. The third-order valence-electron chi connectivity index (χ3n) is 4.27. The lowest BCUT2D eigenvalue weighted by molar-refractivity contribution is -0.136. The van der Waals surface area contributed by atoms with Gasteiger partial charge in [-0.25, -0.2) is 4.39 Å². The zero-order chi connectivity index (χ0) is 13.2. The third-order valence-corrected chi connectivity index (χ3v) is 4.27. The Kier molecular flexibility index (Phi) is 3.54. The van der Waals surface area contributed by atoms with Crippen LogP contribution >= 0.6 is 0 Å². The van der Waals surface area contributed by atoms with Crippen LogP contribution in [0.1, 0.15) is 44.1 Å². The van der Waals surface area contributed by atoms with Gasteiger partial charge in [0.2, 0.25) is 5.91 Å². The van der Waals surface area contributed by atoms with Crippen molar-refractivity contribution in [1.82, 2.24) is 4.90 Å². The molecule has 1 amide bonds. The van der Waals surface area contributed by atoms with Crippen molar-refractivity contribution >= 4 is 5.91 Å². The summed E-state index contributed by atoms with van der Waals surface area (Å²) in [5, 5.41) is 0. The first-order valence-electron chi connectivity index (χ1n) is 7.29. The van der Waals surface area contributed by atoms with E-state index in [2.05, 4.69) is 0 Å². The molecule has 0 atom stereocenters. The standard InChI is InChI=1S/C16H20FNO/c17-15-8-4-3-7-13(15)11-18(14-9-10-14)16(19)12-5-1-2-6-12/h3-4,7-8,12,14H,1-2,5-6,9-11H2. The normalized spacial score (nSPS) is 19.6. The molecule has 19 heavy (non-hydrogen) atoms. The molecular weight excluding hydrogens is 241 g/mol. The van der Waals surface area contributed by atoms with Crippen molar-refractivity contribution in [3.8, 4) is 0 Å². The molecule has 2 saturated carbocycles. The lowest BCUT2D eigenvalue weighted by Crippen LogP contribution is -2.36. The van der Waals surface area contributed by atoms with Gasteiger partial charge in [-0.3, -0.25) is 4.79 Å². The average Bonchev–Trinajstić information content (AvgIpc) is 3.11. The topological polar surface area (TPSA) is 20.3 Å². The van der Waals surface area contributed by atoms with E-state index in [0.717, 1.165) is 38.5 Å². The van der Waals surface area contributed by atoms with E-state index in [1.807, 2.05) is 11.0 Å². The predicted molar refractivity (Wildman–Crippen MR) is 71.9 cm³/mol. The first-order chi connectivity index (χ1) is 9.25. The number of halogens is 1. The van der Waals surface area contributed by atoms with Crippen molar-refractivity contribution in [3.05, 3.63) is 35.6 Å². The van der Waals surface area contributed by atoms with Crippen molar-refractivity contribution in [2.45, 2.75) is 51.1 Å². The summed E-state index contributed by atoms with van der Waals surface area (Å²) in [5.41, 5.74) is 0.640. The molecule has 0 radical (unpaired) electrons. The number of amides is 1. The molecular formula is C16H20FNO. The van der Waals surface area contributed by atoms with E-state index in [1.54, 1.807) is 12.1 Å². The Morgan fingerprint density at radius 3 is 2.47 bits per heavy atom. The largest absolute Gasteiger partial charge is 0.335 e. The molecule has 0 aliphatic heterocycles. The van der Waals surface area contributed by atoms with Crippen LogP contribution in [-0.2, 0) is 11.3 Å². The Bertz CT molecular complexity index is 464. The summed E-state index contributed by atoms with van der Waals surface area (Å²) in [5.74, 6) is 0.239. The molecule has 0 bridgehead atoms. The van der Waals surface area contributed by atoms with Gasteiger partial charge < -0.3 is 4.90 Å². The van der Waals surface area contributed by atoms with Gasteiger partial charge >= 0.3 is 0 Å². The fourth-order valence-electron chi connectivity index (χ4n) is 2.99. The minimum absolute atomic E-state index is 0.187. The van der Waals surface area contributed by atoms with E-state index >= 15 is 0 Å². The zero-order valence-electron chi connectivity index (χ0n) is 11.1. The van der Waals surface area contributed by atoms with Crippen LogP contribution < -0.4 is 0 Å². The molecule has 2 aliphatic carbocycles. The highest BCUT2D eigenvalue weighted by Crippen LogP contribution is 2.34. The van der Waals surface area contributed by atoms with Crippen LogP contribution in [0.3, 0.4) is 0 Å². The van der Waals surface area contributed by atoms with Crippen molar-refractivity contribution in [3.63, 3.8) is 0 Å². The summed E-state index contributed by atoms with van der Waals surface area (Å²) in [6, 6.07) is 7.14. The number of nitrogens with zero attached hydrogens (tertiary/aromatic N) is 1. The molecule has 0 unspecified atom stereocenters. The number of benzene rings is 1. The van der Waals surface area contributed by atoms with Crippen LogP contribution in [0.25, 0.3) is 0 Å². The first kappa shape index (κ1) is 12.6. The Hall–Kier alpha value is -1.38. The van der Waals surface area contributed by atoms with Gasteiger partial charge in [-0.15, -0.1) is 0 Å². The summed E-state index contributed by atoms with van der Waals surface area (Å²) >= 11 is 0. The number of carbonyl (C=O) groups excluding carboxylic acids is 1. The molecule has 3 rings (SSSR count). The SMILES string of the molecule is O=C(C1CCCC1)N(Cc1ccccc1F)C1CC1. The fourth-order valence-corrected chi connectivity index (χ4v) is 2.99. The molecule has 0 heterocycles. The molecule has 2 nitrogen and oxygen atoms in total. The Balaban J connectivity index is 1.74. The maximum absolute atomic E-state index is 13.7.